The van der Waals surface area contributed by atoms with E-state index < -0.39 is 5.79 Å². The van der Waals surface area contributed by atoms with E-state index in [0.29, 0.717) is 11.5 Å². The highest BCUT2D eigenvalue weighted by atomic mass is 32.2. The molecule has 0 aromatic carbocycles. The fraction of sp³-hybridized carbons (Fsp3) is 1.00. The minimum atomic E-state index is -0.406. The first kappa shape index (κ1) is 7.62. The van der Waals surface area contributed by atoms with E-state index in [4.69, 9.17) is 14.2 Å². The summed E-state index contributed by atoms with van der Waals surface area (Å²) in [7, 11) is 0. The number of rotatable bonds is 0. The number of hydrogen-bond donors (Lipinski definition) is 0. The first-order valence-corrected chi connectivity index (χ1v) is 5.33. The lowest BCUT2D eigenvalue weighted by Gasteiger charge is -2.17. The fourth-order valence-corrected chi connectivity index (χ4v) is 3.12. The molecule has 2 unspecified atom stereocenters. The molecule has 0 aliphatic carbocycles. The average molecular weight is 188 g/mol. The maximum Gasteiger partial charge on any atom is 0.163 e. The van der Waals surface area contributed by atoms with Crippen molar-refractivity contribution < 1.29 is 14.2 Å². The maximum absolute atomic E-state index is 5.75. The van der Waals surface area contributed by atoms with E-state index in [-0.39, 0.29) is 12.2 Å². The van der Waals surface area contributed by atoms with Crippen LogP contribution in [-0.2, 0) is 14.2 Å². The molecule has 68 valence electrons. The van der Waals surface area contributed by atoms with Crippen molar-refractivity contribution in [2.24, 2.45) is 0 Å². The van der Waals surface area contributed by atoms with E-state index in [1.54, 1.807) is 0 Å². The monoisotopic (exact) mass is 188 g/mol. The van der Waals surface area contributed by atoms with Crippen LogP contribution in [0, 0.1) is 0 Å². The van der Waals surface area contributed by atoms with Crippen LogP contribution in [0.3, 0.4) is 0 Å². The van der Waals surface area contributed by atoms with Crippen molar-refractivity contribution in [2.45, 2.75) is 43.4 Å². The summed E-state index contributed by atoms with van der Waals surface area (Å²) in [5.41, 5.74) is 0.392. The average Bonchev–Trinajstić information content (AvgIpc) is 2.67. The Labute approximate surface area is 75.7 Å². The Hall–Kier alpha value is 0.230. The third-order valence-corrected chi connectivity index (χ3v) is 3.68. The summed E-state index contributed by atoms with van der Waals surface area (Å²) >= 11 is 1.84. The number of ether oxygens (including phenoxy) is 3. The summed E-state index contributed by atoms with van der Waals surface area (Å²) in [4.78, 5) is 0. The van der Waals surface area contributed by atoms with E-state index in [9.17, 15) is 0 Å². The van der Waals surface area contributed by atoms with Gasteiger partial charge in [-0.1, -0.05) is 0 Å². The Kier molecular flexibility index (Phi) is 1.38. The molecule has 3 saturated heterocycles. The molecule has 4 atom stereocenters. The molecule has 3 aliphatic heterocycles. The molecular formula is C8H12O3S. The molecule has 0 radical (unpaired) electrons. The number of hydrogen-bond acceptors (Lipinski definition) is 4. The van der Waals surface area contributed by atoms with Crippen molar-refractivity contribution in [3.05, 3.63) is 0 Å². The lowest BCUT2D eigenvalue weighted by Crippen LogP contribution is -2.34. The molecule has 0 amide bonds. The zero-order chi connectivity index (χ0) is 8.34. The molecular weight excluding hydrogens is 176 g/mol. The largest absolute Gasteiger partial charge is 0.355 e. The minimum Gasteiger partial charge on any atom is -0.355 e. The maximum atomic E-state index is 5.75. The van der Waals surface area contributed by atoms with Gasteiger partial charge in [0.2, 0.25) is 0 Å². The first-order valence-electron chi connectivity index (χ1n) is 4.28. The van der Waals surface area contributed by atoms with E-state index in [2.05, 4.69) is 0 Å². The Morgan fingerprint density at radius 2 is 2.08 bits per heavy atom. The Bertz CT molecular complexity index is 218. The van der Waals surface area contributed by atoms with Gasteiger partial charge in [-0.15, -0.1) is 11.8 Å². The van der Waals surface area contributed by atoms with Gasteiger partial charge in [-0.2, -0.15) is 0 Å². The lowest BCUT2D eigenvalue weighted by molar-refractivity contribution is -0.146. The standard InChI is InChI=1S/C8H12O3S/c1-8(2)10-4-3-12-7-6(9-7)5(4)11-8/h4-7H,3H2,1-2H3/t4-,5-,6?,7?/m0/s1. The second-order valence-electron chi connectivity index (χ2n) is 3.94. The van der Waals surface area contributed by atoms with Gasteiger partial charge in [0.1, 0.15) is 17.6 Å². The predicted molar refractivity (Wildman–Crippen MR) is 44.9 cm³/mol. The SMILES string of the molecule is CC1(C)O[C@H]2CSC3OC3[C@H]2O1. The summed E-state index contributed by atoms with van der Waals surface area (Å²) in [6.07, 6.45) is 0.732. The molecule has 3 nitrogen and oxygen atoms in total. The zero-order valence-corrected chi connectivity index (χ0v) is 7.97. The van der Waals surface area contributed by atoms with Crippen LogP contribution in [0.15, 0.2) is 0 Å². The highest BCUT2D eigenvalue weighted by molar-refractivity contribution is 8.00. The zero-order valence-electron chi connectivity index (χ0n) is 7.15. The second-order valence-corrected chi connectivity index (χ2v) is 5.07. The van der Waals surface area contributed by atoms with Crippen LogP contribution in [-0.4, -0.2) is 35.3 Å². The summed E-state index contributed by atoms with van der Waals surface area (Å²) in [6, 6.07) is 0. The van der Waals surface area contributed by atoms with Crippen LogP contribution in [0.2, 0.25) is 0 Å². The van der Waals surface area contributed by atoms with Crippen LogP contribution in [0.4, 0.5) is 0 Å². The van der Waals surface area contributed by atoms with Gasteiger partial charge >= 0.3 is 0 Å². The molecule has 0 saturated carbocycles. The van der Waals surface area contributed by atoms with Crippen LogP contribution in [0.25, 0.3) is 0 Å². The highest BCUT2D eigenvalue weighted by Crippen LogP contribution is 2.48. The highest BCUT2D eigenvalue weighted by Gasteiger charge is 2.58. The van der Waals surface area contributed by atoms with Gasteiger partial charge < -0.3 is 14.2 Å². The first-order chi connectivity index (χ1) is 5.66. The van der Waals surface area contributed by atoms with E-state index in [0.717, 1.165) is 5.75 Å². The predicted octanol–water partition coefficient (Wildman–Crippen LogP) is 0.978. The topological polar surface area (TPSA) is 31.0 Å². The summed E-state index contributed by atoms with van der Waals surface area (Å²) in [5.74, 6) is 0.603. The molecule has 12 heavy (non-hydrogen) atoms. The summed E-state index contributed by atoms with van der Waals surface area (Å²) in [5, 5.41) is 0. The van der Waals surface area contributed by atoms with E-state index in [1.165, 1.54) is 0 Å². The molecule has 4 heteroatoms. The van der Waals surface area contributed by atoms with Crippen LogP contribution in [0.1, 0.15) is 13.8 Å². The van der Waals surface area contributed by atoms with Gasteiger partial charge in [0.15, 0.2) is 5.79 Å². The molecule has 0 spiro atoms. The Morgan fingerprint density at radius 3 is 2.92 bits per heavy atom. The van der Waals surface area contributed by atoms with Crippen molar-refractivity contribution in [3.63, 3.8) is 0 Å². The Morgan fingerprint density at radius 1 is 1.25 bits per heavy atom. The van der Waals surface area contributed by atoms with Crippen LogP contribution in [0.5, 0.6) is 0 Å². The van der Waals surface area contributed by atoms with Crippen molar-refractivity contribution in [2.75, 3.05) is 5.75 Å². The molecule has 0 N–H and O–H groups in total. The normalized spacial score (nSPS) is 54.5. The number of fused-ring (bicyclic) bond motifs is 3. The molecule has 3 aliphatic rings. The molecule has 0 aromatic heterocycles. The quantitative estimate of drug-likeness (QED) is 0.530. The molecule has 3 fully saturated rings. The second kappa shape index (κ2) is 2.18. The van der Waals surface area contributed by atoms with Gasteiger partial charge in [-0.05, 0) is 13.8 Å². The van der Waals surface area contributed by atoms with Crippen molar-refractivity contribution >= 4 is 11.8 Å². The van der Waals surface area contributed by atoms with Crippen molar-refractivity contribution in [1.29, 1.82) is 0 Å². The third-order valence-electron chi connectivity index (χ3n) is 2.45. The summed E-state index contributed by atoms with van der Waals surface area (Å²) in [6.45, 7) is 3.93. The van der Waals surface area contributed by atoms with Crippen LogP contribution >= 0.6 is 11.8 Å². The molecule has 3 rings (SSSR count). The molecule has 3 heterocycles. The van der Waals surface area contributed by atoms with Crippen molar-refractivity contribution in [3.8, 4) is 0 Å². The number of epoxide rings is 1. The van der Waals surface area contributed by atoms with Gasteiger partial charge in [-0.3, -0.25) is 0 Å². The smallest absolute Gasteiger partial charge is 0.163 e. The summed E-state index contributed by atoms with van der Waals surface area (Å²) < 4.78 is 16.9. The van der Waals surface area contributed by atoms with Gasteiger partial charge in [0.25, 0.3) is 0 Å². The van der Waals surface area contributed by atoms with E-state index in [1.807, 2.05) is 25.6 Å². The van der Waals surface area contributed by atoms with Crippen molar-refractivity contribution in [1.82, 2.24) is 0 Å². The van der Waals surface area contributed by atoms with Gasteiger partial charge in [0, 0.05) is 5.75 Å². The molecule has 0 aromatic rings. The van der Waals surface area contributed by atoms with E-state index >= 15 is 0 Å². The fourth-order valence-electron chi connectivity index (χ4n) is 1.94. The van der Waals surface area contributed by atoms with Crippen LogP contribution < -0.4 is 0 Å². The Balaban J connectivity index is 1.81. The lowest BCUT2D eigenvalue weighted by atomic mass is 10.2. The van der Waals surface area contributed by atoms with Gasteiger partial charge in [0.05, 0.1) is 6.10 Å². The van der Waals surface area contributed by atoms with Gasteiger partial charge in [-0.25, -0.2) is 0 Å². The number of thioether (sulfide) groups is 1. The third kappa shape index (κ3) is 1.02. The minimum absolute atomic E-state index is 0.186. The molecule has 0 bridgehead atoms.